The molecule has 0 aliphatic heterocycles. The molecule has 0 amide bonds. The molecule has 31 heavy (non-hydrogen) atoms. The summed E-state index contributed by atoms with van der Waals surface area (Å²) < 4.78 is 5.31. The highest BCUT2D eigenvalue weighted by molar-refractivity contribution is 7.80. The number of benzene rings is 2. The molecule has 1 aliphatic rings. The Labute approximate surface area is 193 Å². The van der Waals surface area contributed by atoms with E-state index in [0.717, 1.165) is 24.0 Å². The summed E-state index contributed by atoms with van der Waals surface area (Å²) in [5, 5.41) is 4.56. The van der Waals surface area contributed by atoms with Crippen molar-refractivity contribution < 1.29 is 4.74 Å². The summed E-state index contributed by atoms with van der Waals surface area (Å²) >= 11 is 5.93. The van der Waals surface area contributed by atoms with E-state index in [1.54, 1.807) is 7.11 Å². The monoisotopic (exact) mass is 439 g/mol. The van der Waals surface area contributed by atoms with Crippen LogP contribution in [-0.2, 0) is 13.1 Å². The molecule has 0 atom stereocenters. The van der Waals surface area contributed by atoms with Crippen LogP contribution in [0, 0.1) is 0 Å². The number of rotatable bonds is 7. The second kappa shape index (κ2) is 11.9. The number of hydrogen-bond donors (Lipinski definition) is 1. The molecule has 2 aromatic rings. The van der Waals surface area contributed by atoms with Crippen molar-refractivity contribution >= 4 is 23.0 Å². The van der Waals surface area contributed by atoms with E-state index in [2.05, 4.69) is 65.6 Å². The standard InChI is InChI=1S/C26H37N3OS/c1-28(2)24-15-11-21(12-16-24)19-29(20-22-13-17-25(30-3)18-14-22)26(31)27-23-9-7-5-4-6-8-10-23/h11-18,23H,4-10,19-20H2,1-3H3,(H,27,31). The van der Waals surface area contributed by atoms with E-state index < -0.39 is 0 Å². The third kappa shape index (κ3) is 7.42. The van der Waals surface area contributed by atoms with E-state index in [1.165, 1.54) is 61.8 Å². The molecule has 5 heteroatoms. The van der Waals surface area contributed by atoms with Crippen molar-refractivity contribution in [1.29, 1.82) is 0 Å². The average Bonchev–Trinajstić information content (AvgIpc) is 2.76. The third-order valence-corrected chi connectivity index (χ3v) is 6.45. The van der Waals surface area contributed by atoms with Gasteiger partial charge >= 0.3 is 0 Å². The Kier molecular flexibility index (Phi) is 9.01. The molecule has 0 radical (unpaired) electrons. The smallest absolute Gasteiger partial charge is 0.169 e. The third-order valence-electron chi connectivity index (χ3n) is 6.08. The second-order valence-corrected chi connectivity index (χ2v) is 9.14. The van der Waals surface area contributed by atoms with E-state index >= 15 is 0 Å². The normalized spacial score (nSPS) is 14.9. The van der Waals surface area contributed by atoms with Crippen LogP contribution in [0.1, 0.15) is 56.1 Å². The quantitative estimate of drug-likeness (QED) is 0.555. The van der Waals surface area contributed by atoms with Crippen molar-refractivity contribution in [1.82, 2.24) is 10.2 Å². The molecule has 3 rings (SSSR count). The molecular weight excluding hydrogens is 402 g/mol. The maximum absolute atomic E-state index is 5.93. The molecule has 0 saturated heterocycles. The molecule has 0 aromatic heterocycles. The SMILES string of the molecule is COc1ccc(CN(Cc2ccc(N(C)C)cc2)C(=S)NC2CCCCCCC2)cc1. The number of ether oxygens (including phenoxy) is 1. The summed E-state index contributed by atoms with van der Waals surface area (Å²) in [5.74, 6) is 0.879. The molecular formula is C26H37N3OS. The molecule has 0 unspecified atom stereocenters. The summed E-state index contributed by atoms with van der Waals surface area (Å²) in [5.41, 5.74) is 3.70. The zero-order valence-electron chi connectivity index (χ0n) is 19.3. The Balaban J connectivity index is 1.72. The van der Waals surface area contributed by atoms with Gasteiger partial charge in [0, 0.05) is 38.9 Å². The highest BCUT2D eigenvalue weighted by atomic mass is 32.1. The van der Waals surface area contributed by atoms with Crippen molar-refractivity contribution in [3.63, 3.8) is 0 Å². The zero-order chi connectivity index (χ0) is 22.1. The first kappa shape index (κ1) is 23.4. The first-order valence-corrected chi connectivity index (χ1v) is 11.9. The van der Waals surface area contributed by atoms with E-state index in [0.29, 0.717) is 6.04 Å². The molecule has 1 saturated carbocycles. The van der Waals surface area contributed by atoms with Gasteiger partial charge in [-0.15, -0.1) is 0 Å². The Bertz CT molecular complexity index is 796. The fraction of sp³-hybridized carbons (Fsp3) is 0.500. The van der Waals surface area contributed by atoms with Gasteiger partial charge in [-0.05, 0) is 60.5 Å². The number of nitrogens with zero attached hydrogens (tertiary/aromatic N) is 2. The lowest BCUT2D eigenvalue weighted by molar-refractivity contribution is 0.370. The van der Waals surface area contributed by atoms with E-state index in [9.17, 15) is 0 Å². The zero-order valence-corrected chi connectivity index (χ0v) is 20.1. The number of anilines is 1. The number of nitrogens with one attached hydrogen (secondary N) is 1. The number of thiocarbonyl (C=S) groups is 1. The predicted molar refractivity (Wildman–Crippen MR) is 135 cm³/mol. The van der Waals surface area contributed by atoms with Crippen molar-refractivity contribution in [3.8, 4) is 5.75 Å². The van der Waals surface area contributed by atoms with Gasteiger partial charge in [0.05, 0.1) is 7.11 Å². The van der Waals surface area contributed by atoms with Gasteiger partial charge in [-0.3, -0.25) is 0 Å². The van der Waals surface area contributed by atoms with Gasteiger partial charge in [0.1, 0.15) is 5.75 Å². The molecule has 0 heterocycles. The lowest BCUT2D eigenvalue weighted by Crippen LogP contribution is -2.44. The lowest BCUT2D eigenvalue weighted by Gasteiger charge is -2.30. The Morgan fingerprint density at radius 2 is 1.39 bits per heavy atom. The topological polar surface area (TPSA) is 27.7 Å². The molecule has 0 bridgehead atoms. The summed E-state index contributed by atoms with van der Waals surface area (Å²) in [6, 6.07) is 17.5. The van der Waals surface area contributed by atoms with E-state index in [-0.39, 0.29) is 0 Å². The number of methoxy groups -OCH3 is 1. The molecule has 1 aliphatic carbocycles. The van der Waals surface area contributed by atoms with Crippen molar-refractivity contribution in [3.05, 3.63) is 59.7 Å². The highest BCUT2D eigenvalue weighted by Crippen LogP contribution is 2.20. The van der Waals surface area contributed by atoms with Crippen molar-refractivity contribution in [2.45, 2.75) is 64.1 Å². The second-order valence-electron chi connectivity index (χ2n) is 8.76. The summed E-state index contributed by atoms with van der Waals surface area (Å²) in [4.78, 5) is 4.42. The molecule has 1 N–H and O–H groups in total. The Hall–Kier alpha value is -2.27. The van der Waals surface area contributed by atoms with Crippen LogP contribution in [0.15, 0.2) is 48.5 Å². The Morgan fingerprint density at radius 3 is 1.90 bits per heavy atom. The fourth-order valence-electron chi connectivity index (χ4n) is 4.14. The van der Waals surface area contributed by atoms with Gasteiger partial charge in [-0.25, -0.2) is 0 Å². The van der Waals surface area contributed by atoms with Gasteiger partial charge in [0.15, 0.2) is 5.11 Å². The highest BCUT2D eigenvalue weighted by Gasteiger charge is 2.17. The van der Waals surface area contributed by atoms with E-state index in [4.69, 9.17) is 17.0 Å². The predicted octanol–water partition coefficient (Wildman–Crippen LogP) is 5.75. The van der Waals surface area contributed by atoms with Gasteiger partial charge in [0.2, 0.25) is 0 Å². The minimum atomic E-state index is 0.488. The van der Waals surface area contributed by atoms with Crippen molar-refractivity contribution in [2.24, 2.45) is 0 Å². The first-order chi connectivity index (χ1) is 15.0. The molecule has 0 spiro atoms. The minimum absolute atomic E-state index is 0.488. The van der Waals surface area contributed by atoms with Gasteiger partial charge < -0.3 is 19.9 Å². The van der Waals surface area contributed by atoms with Crippen LogP contribution in [0.25, 0.3) is 0 Å². The van der Waals surface area contributed by atoms with Crippen LogP contribution in [0.5, 0.6) is 5.75 Å². The van der Waals surface area contributed by atoms with Crippen LogP contribution in [0.2, 0.25) is 0 Å². The van der Waals surface area contributed by atoms with Crippen LogP contribution < -0.4 is 15.0 Å². The van der Waals surface area contributed by atoms with Crippen LogP contribution in [0.3, 0.4) is 0 Å². The fourth-order valence-corrected chi connectivity index (χ4v) is 4.43. The summed E-state index contributed by atoms with van der Waals surface area (Å²) in [7, 11) is 5.84. The summed E-state index contributed by atoms with van der Waals surface area (Å²) in [6.07, 6.45) is 9.10. The average molecular weight is 440 g/mol. The lowest BCUT2D eigenvalue weighted by atomic mass is 9.97. The maximum Gasteiger partial charge on any atom is 0.169 e. The van der Waals surface area contributed by atoms with Gasteiger partial charge in [-0.2, -0.15) is 0 Å². The van der Waals surface area contributed by atoms with Crippen molar-refractivity contribution in [2.75, 3.05) is 26.1 Å². The molecule has 4 nitrogen and oxygen atoms in total. The first-order valence-electron chi connectivity index (χ1n) is 11.5. The van der Waals surface area contributed by atoms with Crippen LogP contribution in [0.4, 0.5) is 5.69 Å². The maximum atomic E-state index is 5.93. The van der Waals surface area contributed by atoms with Crippen LogP contribution in [-0.4, -0.2) is 37.3 Å². The largest absolute Gasteiger partial charge is 0.497 e. The van der Waals surface area contributed by atoms with Gasteiger partial charge in [-0.1, -0.05) is 56.4 Å². The Morgan fingerprint density at radius 1 is 0.871 bits per heavy atom. The molecule has 1 fully saturated rings. The molecule has 168 valence electrons. The van der Waals surface area contributed by atoms with E-state index in [1.807, 2.05) is 12.1 Å². The summed E-state index contributed by atoms with van der Waals surface area (Å²) in [6.45, 7) is 1.57. The van der Waals surface area contributed by atoms with Crippen LogP contribution >= 0.6 is 12.2 Å². The minimum Gasteiger partial charge on any atom is -0.497 e. The molecule has 2 aromatic carbocycles. The number of hydrogen-bond acceptors (Lipinski definition) is 3. The van der Waals surface area contributed by atoms with Gasteiger partial charge in [0.25, 0.3) is 0 Å².